The van der Waals surface area contributed by atoms with Gasteiger partial charge in [0, 0.05) is 17.3 Å². The van der Waals surface area contributed by atoms with Crippen molar-refractivity contribution in [3.63, 3.8) is 0 Å². The van der Waals surface area contributed by atoms with Crippen molar-refractivity contribution >= 4 is 34.0 Å². The van der Waals surface area contributed by atoms with E-state index in [-0.39, 0.29) is 12.5 Å². The molecule has 1 aromatic carbocycles. The van der Waals surface area contributed by atoms with Crippen LogP contribution in [0.15, 0.2) is 35.8 Å². The molecule has 0 radical (unpaired) electrons. The Morgan fingerprint density at radius 2 is 2.05 bits per heavy atom. The second-order valence-electron chi connectivity index (χ2n) is 3.81. The van der Waals surface area contributed by atoms with Crippen molar-refractivity contribution in [3.8, 4) is 0 Å². The number of nitrogens with zero attached hydrogens (tertiary/aromatic N) is 1. The number of rotatable bonds is 5. The van der Waals surface area contributed by atoms with Gasteiger partial charge in [0.2, 0.25) is 5.91 Å². The highest BCUT2D eigenvalue weighted by molar-refractivity contribution is 7.13. The monoisotopic (exact) mass is 291 g/mol. The molecule has 1 heterocycles. The van der Waals surface area contributed by atoms with Crippen LogP contribution in [-0.2, 0) is 9.53 Å². The summed E-state index contributed by atoms with van der Waals surface area (Å²) >= 11 is 1.43. The Hall–Kier alpha value is -2.41. The average molecular weight is 291 g/mol. The molecule has 2 rings (SSSR count). The molecule has 0 aliphatic carbocycles. The number of anilines is 2. The summed E-state index contributed by atoms with van der Waals surface area (Å²) in [7, 11) is 1.32. The molecule has 20 heavy (non-hydrogen) atoms. The molecular weight excluding hydrogens is 278 g/mol. The van der Waals surface area contributed by atoms with Gasteiger partial charge in [-0.1, -0.05) is 0 Å². The predicted octanol–water partition coefficient (Wildman–Crippen LogP) is 1.98. The van der Waals surface area contributed by atoms with Crippen molar-refractivity contribution in [2.45, 2.75) is 0 Å². The lowest BCUT2D eigenvalue weighted by Crippen LogP contribution is -2.21. The Labute approximate surface area is 119 Å². The third-order valence-corrected chi connectivity index (χ3v) is 3.15. The highest BCUT2D eigenvalue weighted by Gasteiger charge is 2.06. The molecule has 2 aromatic rings. The van der Waals surface area contributed by atoms with Gasteiger partial charge in [0.05, 0.1) is 19.2 Å². The molecule has 7 heteroatoms. The minimum absolute atomic E-state index is 0.131. The molecule has 0 saturated heterocycles. The Morgan fingerprint density at radius 3 is 2.65 bits per heavy atom. The summed E-state index contributed by atoms with van der Waals surface area (Å²) in [5.41, 5.74) is 1.05. The van der Waals surface area contributed by atoms with Gasteiger partial charge < -0.3 is 15.4 Å². The van der Waals surface area contributed by atoms with E-state index < -0.39 is 5.97 Å². The summed E-state index contributed by atoms with van der Waals surface area (Å²) in [6.45, 7) is 0.131. The number of carbonyl (C=O) groups is 2. The zero-order valence-electron chi connectivity index (χ0n) is 10.8. The average Bonchev–Trinajstić information content (AvgIpc) is 2.98. The van der Waals surface area contributed by atoms with Gasteiger partial charge in [0.1, 0.15) is 0 Å². The number of hydrogen-bond acceptors (Lipinski definition) is 6. The quantitative estimate of drug-likeness (QED) is 0.823. The molecule has 0 spiro atoms. The van der Waals surface area contributed by atoms with Gasteiger partial charge in [0.25, 0.3) is 0 Å². The van der Waals surface area contributed by atoms with E-state index in [1.54, 1.807) is 30.5 Å². The van der Waals surface area contributed by atoms with Crippen molar-refractivity contribution in [3.05, 3.63) is 41.4 Å². The van der Waals surface area contributed by atoms with Crippen molar-refractivity contribution in [2.75, 3.05) is 24.3 Å². The van der Waals surface area contributed by atoms with E-state index in [2.05, 4.69) is 20.4 Å². The first kappa shape index (κ1) is 14.0. The lowest BCUT2D eigenvalue weighted by Gasteiger charge is -2.06. The van der Waals surface area contributed by atoms with Gasteiger partial charge in [-0.3, -0.25) is 4.79 Å². The maximum absolute atomic E-state index is 11.7. The normalized spacial score (nSPS) is 9.85. The smallest absolute Gasteiger partial charge is 0.337 e. The molecule has 0 atom stereocenters. The van der Waals surface area contributed by atoms with Gasteiger partial charge in [-0.15, -0.1) is 11.3 Å². The maximum Gasteiger partial charge on any atom is 0.337 e. The summed E-state index contributed by atoms with van der Waals surface area (Å²) in [5, 5.41) is 8.14. The lowest BCUT2D eigenvalue weighted by molar-refractivity contribution is -0.114. The number of ether oxygens (including phenoxy) is 1. The topological polar surface area (TPSA) is 80.3 Å². The fourth-order valence-electron chi connectivity index (χ4n) is 1.48. The summed E-state index contributed by atoms with van der Waals surface area (Å²) in [4.78, 5) is 27.0. The number of benzene rings is 1. The second kappa shape index (κ2) is 6.67. The Kier molecular flexibility index (Phi) is 4.67. The van der Waals surface area contributed by atoms with Crippen LogP contribution in [0.4, 0.5) is 10.8 Å². The van der Waals surface area contributed by atoms with E-state index in [0.29, 0.717) is 16.4 Å². The van der Waals surface area contributed by atoms with Crippen LogP contribution in [0.3, 0.4) is 0 Å². The predicted molar refractivity (Wildman–Crippen MR) is 77.0 cm³/mol. The minimum atomic E-state index is -0.409. The fraction of sp³-hybridized carbons (Fsp3) is 0.154. The molecule has 104 valence electrons. The summed E-state index contributed by atoms with van der Waals surface area (Å²) < 4.78 is 4.60. The standard InChI is InChI=1S/C13H13N3O3S/c1-19-12(18)9-2-4-10(5-3-9)16-11(17)8-15-13-14-6-7-20-13/h2-7H,8H2,1H3,(H,14,15)(H,16,17). The first-order chi connectivity index (χ1) is 9.69. The molecule has 0 bridgehead atoms. The molecule has 6 nitrogen and oxygen atoms in total. The third-order valence-electron chi connectivity index (χ3n) is 2.42. The Morgan fingerprint density at radius 1 is 1.30 bits per heavy atom. The minimum Gasteiger partial charge on any atom is -0.465 e. The highest BCUT2D eigenvalue weighted by atomic mass is 32.1. The van der Waals surface area contributed by atoms with Crippen LogP contribution in [-0.4, -0.2) is 30.5 Å². The zero-order valence-corrected chi connectivity index (χ0v) is 11.6. The van der Waals surface area contributed by atoms with Gasteiger partial charge in [-0.25, -0.2) is 9.78 Å². The van der Waals surface area contributed by atoms with Crippen LogP contribution in [0, 0.1) is 0 Å². The van der Waals surface area contributed by atoms with Crippen LogP contribution in [0.2, 0.25) is 0 Å². The zero-order chi connectivity index (χ0) is 14.4. The molecule has 0 saturated carbocycles. The summed E-state index contributed by atoms with van der Waals surface area (Å²) in [5.74, 6) is -0.598. The van der Waals surface area contributed by atoms with Crippen molar-refractivity contribution in [1.82, 2.24) is 4.98 Å². The van der Waals surface area contributed by atoms with E-state index in [4.69, 9.17) is 0 Å². The summed E-state index contributed by atoms with van der Waals surface area (Å²) in [6.07, 6.45) is 1.66. The molecule has 0 aliphatic rings. The lowest BCUT2D eigenvalue weighted by atomic mass is 10.2. The highest BCUT2D eigenvalue weighted by Crippen LogP contribution is 2.11. The van der Waals surface area contributed by atoms with Crippen molar-refractivity contribution in [2.24, 2.45) is 0 Å². The van der Waals surface area contributed by atoms with E-state index in [0.717, 1.165) is 0 Å². The number of amides is 1. The molecular formula is C13H13N3O3S. The molecule has 1 aromatic heterocycles. The Bertz CT molecular complexity index is 581. The van der Waals surface area contributed by atoms with E-state index >= 15 is 0 Å². The SMILES string of the molecule is COC(=O)c1ccc(NC(=O)CNc2nccs2)cc1. The van der Waals surface area contributed by atoms with Crippen molar-refractivity contribution < 1.29 is 14.3 Å². The maximum atomic E-state index is 11.7. The van der Waals surface area contributed by atoms with E-state index in [9.17, 15) is 9.59 Å². The van der Waals surface area contributed by atoms with Gasteiger partial charge >= 0.3 is 5.97 Å². The van der Waals surface area contributed by atoms with Crippen LogP contribution >= 0.6 is 11.3 Å². The molecule has 1 amide bonds. The van der Waals surface area contributed by atoms with E-state index in [1.165, 1.54) is 18.4 Å². The third kappa shape index (κ3) is 3.79. The molecule has 0 unspecified atom stereocenters. The number of thiazole rings is 1. The van der Waals surface area contributed by atoms with Gasteiger partial charge in [-0.2, -0.15) is 0 Å². The number of esters is 1. The first-order valence-electron chi connectivity index (χ1n) is 5.80. The van der Waals surface area contributed by atoms with Crippen LogP contribution in [0.5, 0.6) is 0 Å². The number of nitrogens with one attached hydrogen (secondary N) is 2. The van der Waals surface area contributed by atoms with E-state index in [1.807, 2.05) is 5.38 Å². The Balaban J connectivity index is 1.86. The van der Waals surface area contributed by atoms with Crippen molar-refractivity contribution in [1.29, 1.82) is 0 Å². The number of aromatic nitrogens is 1. The van der Waals surface area contributed by atoms with Crippen LogP contribution < -0.4 is 10.6 Å². The number of carbonyl (C=O) groups excluding carboxylic acids is 2. The van der Waals surface area contributed by atoms with Gasteiger partial charge in [-0.05, 0) is 24.3 Å². The van der Waals surface area contributed by atoms with Crippen LogP contribution in [0.25, 0.3) is 0 Å². The molecule has 2 N–H and O–H groups in total. The first-order valence-corrected chi connectivity index (χ1v) is 6.68. The number of methoxy groups -OCH3 is 1. The molecule has 0 fully saturated rings. The fourth-order valence-corrected chi connectivity index (χ4v) is 2.01. The number of hydrogen-bond donors (Lipinski definition) is 2. The summed E-state index contributed by atoms with van der Waals surface area (Å²) in [6, 6.07) is 6.48. The van der Waals surface area contributed by atoms with Gasteiger partial charge in [0.15, 0.2) is 5.13 Å². The van der Waals surface area contributed by atoms with Crippen LogP contribution in [0.1, 0.15) is 10.4 Å². The second-order valence-corrected chi connectivity index (χ2v) is 4.70. The molecule has 0 aliphatic heterocycles. The largest absolute Gasteiger partial charge is 0.465 e.